The van der Waals surface area contributed by atoms with Crippen LogP contribution in [-0.4, -0.2) is 25.6 Å². The smallest absolute Gasteiger partial charge is 0.347 e. The Morgan fingerprint density at radius 2 is 2.26 bits per heavy atom. The molecule has 0 bridgehead atoms. The van der Waals surface area contributed by atoms with Crippen LogP contribution >= 0.6 is 11.3 Å². The van der Waals surface area contributed by atoms with Gasteiger partial charge in [0.2, 0.25) is 0 Å². The molecule has 0 aliphatic rings. The number of hydrogen-bond donors (Lipinski definition) is 1. The molecule has 0 aromatic carbocycles. The van der Waals surface area contributed by atoms with Gasteiger partial charge in [0, 0.05) is 6.54 Å². The number of carbonyl (C=O) groups is 1. The maximum atomic E-state index is 11.3. The van der Waals surface area contributed by atoms with Crippen molar-refractivity contribution in [2.75, 3.05) is 0 Å². The lowest BCUT2D eigenvalue weighted by Crippen LogP contribution is -2.02. The first-order valence-corrected chi connectivity index (χ1v) is 7.08. The molecule has 0 fully saturated rings. The first-order chi connectivity index (χ1) is 9.02. The van der Waals surface area contributed by atoms with E-state index in [2.05, 4.69) is 23.8 Å². The van der Waals surface area contributed by atoms with Crippen molar-refractivity contribution in [1.82, 2.24) is 14.5 Å². The topological polar surface area (TPSA) is 68.0 Å². The van der Waals surface area contributed by atoms with Gasteiger partial charge in [0.1, 0.15) is 9.88 Å². The van der Waals surface area contributed by atoms with Gasteiger partial charge in [-0.1, -0.05) is 13.8 Å². The monoisotopic (exact) mass is 279 g/mol. The maximum absolute atomic E-state index is 11.3. The molecule has 0 saturated heterocycles. The molecule has 6 heteroatoms. The molecular formula is C13H17N3O2S. The van der Waals surface area contributed by atoms with Crippen molar-refractivity contribution in [1.29, 1.82) is 0 Å². The Balaban J connectivity index is 2.45. The maximum Gasteiger partial charge on any atom is 0.347 e. The van der Waals surface area contributed by atoms with Gasteiger partial charge in [-0.15, -0.1) is 11.3 Å². The average molecular weight is 279 g/mol. The lowest BCUT2D eigenvalue weighted by Gasteiger charge is -2.02. The highest BCUT2D eigenvalue weighted by atomic mass is 32.1. The van der Waals surface area contributed by atoms with E-state index in [9.17, 15) is 9.90 Å². The first kappa shape index (κ1) is 13.7. The lowest BCUT2D eigenvalue weighted by atomic mass is 10.1. The first-order valence-electron chi connectivity index (χ1n) is 6.26. The fraction of sp³-hybridized carbons (Fsp3) is 0.462. The Kier molecular flexibility index (Phi) is 3.99. The highest BCUT2D eigenvalue weighted by Gasteiger charge is 2.20. The molecule has 0 spiro atoms. The van der Waals surface area contributed by atoms with Gasteiger partial charge < -0.3 is 9.67 Å². The Hall–Kier alpha value is -1.69. The van der Waals surface area contributed by atoms with E-state index in [0.717, 1.165) is 17.2 Å². The Labute approximate surface area is 115 Å². The molecular weight excluding hydrogens is 262 g/mol. The van der Waals surface area contributed by atoms with Crippen LogP contribution in [0.2, 0.25) is 0 Å². The number of aromatic carboxylic acids is 1. The van der Waals surface area contributed by atoms with Crippen LogP contribution in [0, 0.1) is 5.92 Å². The number of nitrogens with zero attached hydrogens (tertiary/aromatic N) is 3. The van der Waals surface area contributed by atoms with Crippen molar-refractivity contribution in [2.24, 2.45) is 5.92 Å². The third kappa shape index (κ3) is 2.84. The summed E-state index contributed by atoms with van der Waals surface area (Å²) in [6.45, 7) is 6.92. The van der Waals surface area contributed by atoms with Crippen LogP contribution in [0.15, 0.2) is 12.5 Å². The van der Waals surface area contributed by atoms with Crippen LogP contribution in [-0.2, 0) is 13.0 Å². The van der Waals surface area contributed by atoms with E-state index in [1.165, 1.54) is 11.3 Å². The van der Waals surface area contributed by atoms with E-state index in [1.807, 2.05) is 11.5 Å². The molecule has 0 unspecified atom stereocenters. The molecule has 102 valence electrons. The average Bonchev–Trinajstić information content (AvgIpc) is 2.93. The molecule has 0 saturated carbocycles. The fourth-order valence-electron chi connectivity index (χ4n) is 1.90. The summed E-state index contributed by atoms with van der Waals surface area (Å²) in [5.41, 5.74) is 1.55. The van der Waals surface area contributed by atoms with Crippen LogP contribution < -0.4 is 0 Å². The third-order valence-electron chi connectivity index (χ3n) is 2.77. The summed E-state index contributed by atoms with van der Waals surface area (Å²) in [4.78, 5) is 20.2. The summed E-state index contributed by atoms with van der Waals surface area (Å²) in [5, 5.41) is 9.99. The number of carboxylic acid groups (broad SMARTS) is 1. The lowest BCUT2D eigenvalue weighted by molar-refractivity contribution is 0.0700. The van der Waals surface area contributed by atoms with Crippen molar-refractivity contribution in [2.45, 2.75) is 33.7 Å². The second-order valence-corrected chi connectivity index (χ2v) is 5.76. The van der Waals surface area contributed by atoms with Crippen LogP contribution in [0.1, 0.15) is 36.1 Å². The van der Waals surface area contributed by atoms with E-state index < -0.39 is 5.97 Å². The third-order valence-corrected chi connectivity index (χ3v) is 3.87. The summed E-state index contributed by atoms with van der Waals surface area (Å²) in [7, 11) is 0. The van der Waals surface area contributed by atoms with E-state index >= 15 is 0 Å². The van der Waals surface area contributed by atoms with Gasteiger partial charge in [-0.2, -0.15) is 0 Å². The summed E-state index contributed by atoms with van der Waals surface area (Å²) < 4.78 is 1.96. The zero-order valence-electron chi connectivity index (χ0n) is 11.3. The zero-order chi connectivity index (χ0) is 14.0. The number of imidazole rings is 1. The molecule has 1 N–H and O–H groups in total. The predicted molar refractivity (Wildman–Crippen MR) is 74.5 cm³/mol. The van der Waals surface area contributed by atoms with Gasteiger partial charge in [0.25, 0.3) is 0 Å². The minimum atomic E-state index is -0.901. The Morgan fingerprint density at radius 3 is 2.84 bits per heavy atom. The number of aromatic nitrogens is 3. The SMILES string of the molecule is CCn1cncc1-c1nc(CC(C)C)c(C(=O)O)s1. The van der Waals surface area contributed by atoms with Crippen molar-refractivity contribution in [3.05, 3.63) is 23.1 Å². The molecule has 2 rings (SSSR count). The summed E-state index contributed by atoms with van der Waals surface area (Å²) in [5.74, 6) is -0.522. The second kappa shape index (κ2) is 5.52. The van der Waals surface area contributed by atoms with E-state index in [1.54, 1.807) is 12.5 Å². The standard InChI is InChI=1S/C13H17N3O2S/c1-4-16-7-14-6-10(16)12-15-9(5-8(2)3)11(19-12)13(17)18/h6-8H,4-5H2,1-3H3,(H,17,18). The predicted octanol–water partition coefficient (Wildman–Crippen LogP) is 2.92. The number of hydrogen-bond acceptors (Lipinski definition) is 4. The van der Waals surface area contributed by atoms with Crippen LogP contribution in [0.25, 0.3) is 10.7 Å². The quantitative estimate of drug-likeness (QED) is 0.913. The van der Waals surface area contributed by atoms with E-state index in [4.69, 9.17) is 0 Å². The summed E-state index contributed by atoms with van der Waals surface area (Å²) in [6.07, 6.45) is 4.14. The minimum absolute atomic E-state index is 0.340. The van der Waals surface area contributed by atoms with Gasteiger partial charge in [-0.25, -0.2) is 14.8 Å². The normalized spacial score (nSPS) is 11.2. The largest absolute Gasteiger partial charge is 0.477 e. The van der Waals surface area contributed by atoms with E-state index in [0.29, 0.717) is 22.9 Å². The molecule has 0 radical (unpaired) electrons. The van der Waals surface area contributed by atoms with Crippen molar-refractivity contribution >= 4 is 17.3 Å². The van der Waals surface area contributed by atoms with Crippen LogP contribution in [0.4, 0.5) is 0 Å². The molecule has 0 amide bonds. The van der Waals surface area contributed by atoms with Gasteiger partial charge in [0.15, 0.2) is 0 Å². The molecule has 0 aliphatic carbocycles. The summed E-state index contributed by atoms with van der Waals surface area (Å²) >= 11 is 1.23. The molecule has 5 nitrogen and oxygen atoms in total. The highest BCUT2D eigenvalue weighted by molar-refractivity contribution is 7.17. The van der Waals surface area contributed by atoms with Gasteiger partial charge in [-0.3, -0.25) is 0 Å². The highest BCUT2D eigenvalue weighted by Crippen LogP contribution is 2.29. The van der Waals surface area contributed by atoms with Gasteiger partial charge in [-0.05, 0) is 19.3 Å². The second-order valence-electron chi connectivity index (χ2n) is 4.76. The van der Waals surface area contributed by atoms with Crippen LogP contribution in [0.5, 0.6) is 0 Å². The van der Waals surface area contributed by atoms with E-state index in [-0.39, 0.29) is 0 Å². The van der Waals surface area contributed by atoms with Crippen molar-refractivity contribution in [3.8, 4) is 10.7 Å². The minimum Gasteiger partial charge on any atom is -0.477 e. The number of rotatable bonds is 5. The summed E-state index contributed by atoms with van der Waals surface area (Å²) in [6, 6.07) is 0. The molecule has 19 heavy (non-hydrogen) atoms. The van der Waals surface area contributed by atoms with Gasteiger partial charge >= 0.3 is 5.97 Å². The molecule has 2 heterocycles. The number of aryl methyl sites for hydroxylation is 1. The van der Waals surface area contributed by atoms with Crippen molar-refractivity contribution in [3.63, 3.8) is 0 Å². The Bertz CT molecular complexity index is 586. The van der Waals surface area contributed by atoms with Crippen LogP contribution in [0.3, 0.4) is 0 Å². The molecule has 0 atom stereocenters. The van der Waals surface area contributed by atoms with Crippen molar-refractivity contribution < 1.29 is 9.90 Å². The number of carboxylic acids is 1. The molecule has 2 aromatic rings. The Morgan fingerprint density at radius 1 is 1.53 bits per heavy atom. The zero-order valence-corrected chi connectivity index (χ0v) is 12.1. The molecule has 0 aliphatic heterocycles. The number of thiazole rings is 1. The molecule has 2 aromatic heterocycles. The fourth-order valence-corrected chi connectivity index (χ4v) is 2.86. The van der Waals surface area contributed by atoms with Gasteiger partial charge in [0.05, 0.1) is 23.9 Å².